The fraction of sp³-hybridized carbons (Fsp3) is 0.615. The van der Waals surface area contributed by atoms with Crippen LogP contribution in [-0.4, -0.2) is 36.5 Å². The normalized spacial score (nSPS) is 31.7. The molecule has 3 rings (SSSR count). The van der Waals surface area contributed by atoms with Crippen molar-refractivity contribution in [2.45, 2.75) is 31.0 Å². The zero-order valence-electron chi connectivity index (χ0n) is 10.1. The predicted molar refractivity (Wildman–Crippen MR) is 62.0 cm³/mol. The number of ether oxygens (including phenoxy) is 3. The third-order valence-electron chi connectivity index (χ3n) is 3.53. The van der Waals surface area contributed by atoms with Crippen molar-refractivity contribution in [1.29, 1.82) is 0 Å². The van der Waals surface area contributed by atoms with Crippen LogP contribution in [0.3, 0.4) is 0 Å². The molecule has 3 heterocycles. The van der Waals surface area contributed by atoms with E-state index in [4.69, 9.17) is 14.2 Å². The highest BCUT2D eigenvalue weighted by atomic mass is 19.1. The van der Waals surface area contributed by atoms with Crippen LogP contribution in [0.1, 0.15) is 19.3 Å². The van der Waals surface area contributed by atoms with Crippen LogP contribution in [-0.2, 0) is 9.47 Å². The lowest BCUT2D eigenvalue weighted by Gasteiger charge is -2.36. The number of halogens is 1. The number of hydrogen-bond donors (Lipinski definition) is 0. The fourth-order valence-electron chi connectivity index (χ4n) is 2.59. The maximum Gasteiger partial charge on any atom is 0.255 e. The molecule has 0 bridgehead atoms. The summed E-state index contributed by atoms with van der Waals surface area (Å²) in [5.74, 6) is -0.334. The van der Waals surface area contributed by atoms with Crippen LogP contribution in [0.2, 0.25) is 0 Å². The lowest BCUT2D eigenvalue weighted by atomic mass is 9.91. The van der Waals surface area contributed by atoms with Gasteiger partial charge in [0.25, 0.3) is 5.95 Å². The minimum Gasteiger partial charge on any atom is -0.485 e. The molecule has 18 heavy (non-hydrogen) atoms. The molecule has 2 unspecified atom stereocenters. The van der Waals surface area contributed by atoms with Gasteiger partial charge in [-0.1, -0.05) is 0 Å². The van der Waals surface area contributed by atoms with Gasteiger partial charge in [-0.05, 0) is 12.1 Å². The average molecular weight is 253 g/mol. The zero-order valence-corrected chi connectivity index (χ0v) is 10.1. The third kappa shape index (κ3) is 2.33. The second kappa shape index (κ2) is 4.82. The highest BCUT2D eigenvalue weighted by Gasteiger charge is 2.41. The molecule has 2 atom stereocenters. The number of nitrogens with zero attached hydrogens (tertiary/aromatic N) is 1. The van der Waals surface area contributed by atoms with E-state index < -0.39 is 5.95 Å². The van der Waals surface area contributed by atoms with E-state index >= 15 is 0 Å². The van der Waals surface area contributed by atoms with Crippen molar-refractivity contribution in [3.05, 3.63) is 24.3 Å². The first-order valence-corrected chi connectivity index (χ1v) is 6.26. The van der Waals surface area contributed by atoms with Crippen LogP contribution >= 0.6 is 0 Å². The van der Waals surface area contributed by atoms with E-state index in [0.717, 1.165) is 25.9 Å². The minimum absolute atomic E-state index is 0.0286. The smallest absolute Gasteiger partial charge is 0.255 e. The maximum absolute atomic E-state index is 13.4. The lowest BCUT2D eigenvalue weighted by Crippen LogP contribution is -2.44. The topological polar surface area (TPSA) is 40.6 Å². The summed E-state index contributed by atoms with van der Waals surface area (Å²) >= 11 is 0. The predicted octanol–water partition coefficient (Wildman–Crippen LogP) is 1.94. The Balaban J connectivity index is 1.68. The van der Waals surface area contributed by atoms with Crippen molar-refractivity contribution < 1.29 is 18.6 Å². The molecule has 0 aliphatic carbocycles. The minimum atomic E-state index is -0.555. The molecular formula is C13H16FNO3. The largest absolute Gasteiger partial charge is 0.485 e. The zero-order chi connectivity index (χ0) is 12.4. The highest BCUT2D eigenvalue weighted by Crippen LogP contribution is 2.34. The molecule has 0 N–H and O–H groups in total. The van der Waals surface area contributed by atoms with E-state index in [2.05, 4.69) is 4.98 Å². The molecule has 0 aromatic carbocycles. The van der Waals surface area contributed by atoms with Crippen molar-refractivity contribution >= 4 is 0 Å². The molecule has 0 saturated carbocycles. The highest BCUT2D eigenvalue weighted by molar-refractivity contribution is 5.18. The van der Waals surface area contributed by atoms with Crippen LogP contribution in [0.15, 0.2) is 18.3 Å². The van der Waals surface area contributed by atoms with Gasteiger partial charge in [-0.2, -0.15) is 4.39 Å². The van der Waals surface area contributed by atoms with Gasteiger partial charge in [0, 0.05) is 32.1 Å². The van der Waals surface area contributed by atoms with E-state index in [-0.39, 0.29) is 17.5 Å². The quantitative estimate of drug-likeness (QED) is 0.755. The number of hydrogen-bond acceptors (Lipinski definition) is 4. The molecule has 1 aromatic heterocycles. The molecule has 4 nitrogen and oxygen atoms in total. The molecule has 1 aromatic rings. The fourth-order valence-corrected chi connectivity index (χ4v) is 2.59. The van der Waals surface area contributed by atoms with Crippen molar-refractivity contribution in [2.24, 2.45) is 0 Å². The van der Waals surface area contributed by atoms with Crippen LogP contribution in [0.25, 0.3) is 0 Å². The lowest BCUT2D eigenvalue weighted by molar-refractivity contribution is -0.112. The monoisotopic (exact) mass is 253 g/mol. The average Bonchev–Trinajstić information content (AvgIpc) is 2.80. The first-order chi connectivity index (χ1) is 8.77. The summed E-state index contributed by atoms with van der Waals surface area (Å²) in [6.07, 6.45) is 3.80. The van der Waals surface area contributed by atoms with E-state index in [1.54, 1.807) is 12.1 Å². The van der Waals surface area contributed by atoms with Crippen molar-refractivity contribution in [2.75, 3.05) is 19.8 Å². The van der Waals surface area contributed by atoms with E-state index in [9.17, 15) is 4.39 Å². The molecule has 2 aliphatic heterocycles. The summed E-state index contributed by atoms with van der Waals surface area (Å²) in [6.45, 7) is 1.98. The summed E-state index contributed by atoms with van der Waals surface area (Å²) < 4.78 is 30.3. The van der Waals surface area contributed by atoms with Gasteiger partial charge in [0.1, 0.15) is 6.10 Å². The van der Waals surface area contributed by atoms with Gasteiger partial charge in [-0.25, -0.2) is 4.98 Å². The number of pyridine rings is 1. The Morgan fingerprint density at radius 1 is 1.44 bits per heavy atom. The van der Waals surface area contributed by atoms with E-state index in [1.165, 1.54) is 6.20 Å². The summed E-state index contributed by atoms with van der Waals surface area (Å²) in [6, 6.07) is 3.28. The summed E-state index contributed by atoms with van der Waals surface area (Å²) in [7, 11) is 0. The molecule has 0 radical (unpaired) electrons. The summed E-state index contributed by atoms with van der Waals surface area (Å²) in [4.78, 5) is 3.59. The SMILES string of the molecule is Fc1ncccc1OC1CCOC2(CCOC2)C1. The summed E-state index contributed by atoms with van der Waals surface area (Å²) in [5.41, 5.74) is -0.221. The van der Waals surface area contributed by atoms with Gasteiger partial charge >= 0.3 is 0 Å². The van der Waals surface area contributed by atoms with Gasteiger partial charge in [-0.3, -0.25) is 0 Å². The molecular weight excluding hydrogens is 237 g/mol. The Hall–Kier alpha value is -1.20. The molecule has 5 heteroatoms. The maximum atomic E-state index is 13.4. The van der Waals surface area contributed by atoms with Crippen LogP contribution in [0.4, 0.5) is 4.39 Å². The number of rotatable bonds is 2. The van der Waals surface area contributed by atoms with Crippen molar-refractivity contribution in [3.63, 3.8) is 0 Å². The number of aromatic nitrogens is 1. The molecule has 1 spiro atoms. The first kappa shape index (κ1) is 11.9. The second-order valence-electron chi connectivity index (χ2n) is 4.86. The first-order valence-electron chi connectivity index (χ1n) is 6.26. The standard InChI is InChI=1S/C13H16FNO3/c14-12-11(2-1-5-15-12)18-10-3-6-17-13(8-10)4-7-16-9-13/h1-2,5,10H,3-4,6-9H2. The van der Waals surface area contributed by atoms with Crippen LogP contribution < -0.4 is 4.74 Å². The Labute approximate surface area is 105 Å². The third-order valence-corrected chi connectivity index (χ3v) is 3.53. The Bertz CT molecular complexity index is 420. The van der Waals surface area contributed by atoms with E-state index in [0.29, 0.717) is 13.2 Å². The molecule has 2 fully saturated rings. The van der Waals surface area contributed by atoms with Gasteiger partial charge < -0.3 is 14.2 Å². The van der Waals surface area contributed by atoms with Crippen molar-refractivity contribution in [3.8, 4) is 5.75 Å². The van der Waals surface area contributed by atoms with Gasteiger partial charge in [-0.15, -0.1) is 0 Å². The van der Waals surface area contributed by atoms with Gasteiger partial charge in [0.15, 0.2) is 5.75 Å². The van der Waals surface area contributed by atoms with Crippen molar-refractivity contribution in [1.82, 2.24) is 4.98 Å². The molecule has 2 saturated heterocycles. The summed E-state index contributed by atoms with van der Waals surface area (Å²) in [5, 5.41) is 0. The molecule has 2 aliphatic rings. The molecule has 0 amide bonds. The Morgan fingerprint density at radius 3 is 3.17 bits per heavy atom. The molecule has 98 valence electrons. The Kier molecular flexibility index (Phi) is 3.18. The van der Waals surface area contributed by atoms with Gasteiger partial charge in [0.05, 0.1) is 18.8 Å². The second-order valence-corrected chi connectivity index (χ2v) is 4.86. The Morgan fingerprint density at radius 2 is 2.39 bits per heavy atom. The van der Waals surface area contributed by atoms with Crippen LogP contribution in [0, 0.1) is 5.95 Å². The van der Waals surface area contributed by atoms with Gasteiger partial charge in [0.2, 0.25) is 0 Å². The van der Waals surface area contributed by atoms with E-state index in [1.807, 2.05) is 0 Å². The van der Waals surface area contributed by atoms with Crippen LogP contribution in [0.5, 0.6) is 5.75 Å².